The maximum Gasteiger partial charge on any atom is 0.0431 e. The third kappa shape index (κ3) is 7.20. The molecule has 0 saturated heterocycles. The highest BCUT2D eigenvalue weighted by molar-refractivity contribution is 7.22. The van der Waals surface area contributed by atoms with Gasteiger partial charge in [-0.25, -0.2) is 0 Å². The van der Waals surface area contributed by atoms with Gasteiger partial charge in [-0.15, -0.1) is 45.3 Å². The summed E-state index contributed by atoms with van der Waals surface area (Å²) in [5, 5.41) is 5.73. The van der Waals surface area contributed by atoms with E-state index in [-0.39, 0.29) is 0 Å². The fourth-order valence-electron chi connectivity index (χ4n) is 6.69. The Morgan fingerprint density at radius 3 is 1.27 bits per heavy atom. The Labute approximate surface area is 281 Å². The van der Waals surface area contributed by atoms with Crippen LogP contribution in [0.3, 0.4) is 0 Å². The Morgan fingerprint density at radius 2 is 0.841 bits per heavy atom. The van der Waals surface area contributed by atoms with Crippen LogP contribution in [-0.4, -0.2) is 0 Å². The summed E-state index contributed by atoms with van der Waals surface area (Å²) in [4.78, 5) is 8.74. The Bertz CT molecular complexity index is 1690. The van der Waals surface area contributed by atoms with E-state index < -0.39 is 0 Å². The monoisotopic (exact) mass is 656 g/mol. The first-order chi connectivity index (χ1) is 21.6. The van der Waals surface area contributed by atoms with Crippen LogP contribution in [0.5, 0.6) is 0 Å². The molecule has 0 unspecified atom stereocenters. The number of rotatable bonds is 16. The maximum atomic E-state index is 2.53. The minimum absolute atomic E-state index is 1.22. The number of unbranched alkanes of at least 4 members (excludes halogenated alkanes) is 10. The quantitative estimate of drug-likeness (QED) is 0.0909. The van der Waals surface area contributed by atoms with E-state index in [2.05, 4.69) is 76.2 Å². The number of hydrogen-bond acceptors (Lipinski definition) is 4. The van der Waals surface area contributed by atoms with Crippen molar-refractivity contribution in [3.63, 3.8) is 0 Å². The van der Waals surface area contributed by atoms with Crippen molar-refractivity contribution in [3.8, 4) is 20.9 Å². The Morgan fingerprint density at radius 1 is 0.432 bits per heavy atom. The Kier molecular flexibility index (Phi) is 11.0. The van der Waals surface area contributed by atoms with E-state index in [1.54, 1.807) is 0 Å². The number of hydrogen-bond donors (Lipinski definition) is 0. The van der Waals surface area contributed by atoms with Crippen LogP contribution in [0.4, 0.5) is 0 Å². The van der Waals surface area contributed by atoms with Crippen molar-refractivity contribution in [2.24, 2.45) is 0 Å². The molecule has 6 aromatic rings. The van der Waals surface area contributed by atoms with Crippen LogP contribution < -0.4 is 0 Å². The highest BCUT2D eigenvalue weighted by atomic mass is 32.1. The zero-order valence-electron chi connectivity index (χ0n) is 27.2. The van der Waals surface area contributed by atoms with Crippen LogP contribution in [-0.2, 0) is 12.8 Å². The zero-order chi connectivity index (χ0) is 30.5. The second-order valence-electron chi connectivity index (χ2n) is 12.7. The molecule has 0 aliphatic carbocycles. The topological polar surface area (TPSA) is 0 Å². The normalized spacial score (nSPS) is 12.0. The van der Waals surface area contributed by atoms with Crippen molar-refractivity contribution < 1.29 is 0 Å². The maximum absolute atomic E-state index is 2.53. The smallest absolute Gasteiger partial charge is 0.0431 e. The summed E-state index contributed by atoms with van der Waals surface area (Å²) in [5.74, 6) is 0. The van der Waals surface area contributed by atoms with E-state index >= 15 is 0 Å². The van der Waals surface area contributed by atoms with Gasteiger partial charge >= 0.3 is 0 Å². The molecule has 4 heterocycles. The first kappa shape index (κ1) is 32.0. The highest BCUT2D eigenvalue weighted by Crippen LogP contribution is 2.48. The van der Waals surface area contributed by atoms with E-state index in [0.29, 0.717) is 0 Å². The van der Waals surface area contributed by atoms with Crippen LogP contribution in [0.15, 0.2) is 48.5 Å². The summed E-state index contributed by atoms with van der Waals surface area (Å²) >= 11 is 8.00. The highest BCUT2D eigenvalue weighted by Gasteiger charge is 2.19. The minimum atomic E-state index is 1.22. The molecule has 0 fully saturated rings. The Hall–Kier alpha value is -1.98. The van der Waals surface area contributed by atoms with Crippen LogP contribution in [0.25, 0.3) is 51.8 Å². The summed E-state index contributed by atoms with van der Waals surface area (Å²) in [7, 11) is 0. The van der Waals surface area contributed by atoms with Gasteiger partial charge in [-0.3, -0.25) is 0 Å². The van der Waals surface area contributed by atoms with Gasteiger partial charge in [-0.2, -0.15) is 0 Å². The van der Waals surface area contributed by atoms with Gasteiger partial charge in [0.25, 0.3) is 0 Å². The summed E-state index contributed by atoms with van der Waals surface area (Å²) in [6.45, 7) is 9.15. The zero-order valence-corrected chi connectivity index (χ0v) is 30.4. The molecule has 0 bridgehead atoms. The molecule has 0 spiro atoms. The van der Waals surface area contributed by atoms with Gasteiger partial charge in [-0.05, 0) is 88.1 Å². The van der Waals surface area contributed by atoms with E-state index in [4.69, 9.17) is 0 Å². The van der Waals surface area contributed by atoms with Gasteiger partial charge in [0, 0.05) is 71.3 Å². The first-order valence-corrected chi connectivity index (χ1v) is 20.4. The molecule has 0 aliphatic heterocycles. The molecule has 44 heavy (non-hydrogen) atoms. The predicted octanol–water partition coefficient (Wildman–Crippen LogP) is 15.1. The van der Waals surface area contributed by atoms with Crippen molar-refractivity contribution in [1.82, 2.24) is 0 Å². The van der Waals surface area contributed by atoms with Crippen molar-refractivity contribution in [1.29, 1.82) is 0 Å². The van der Waals surface area contributed by atoms with Crippen LogP contribution in [0.2, 0.25) is 0 Å². The molecule has 4 aromatic heterocycles. The van der Waals surface area contributed by atoms with Gasteiger partial charge in [-0.1, -0.05) is 78.1 Å². The second kappa shape index (κ2) is 15.1. The average Bonchev–Trinajstić information content (AvgIpc) is 3.82. The molecule has 232 valence electrons. The molecule has 2 aromatic carbocycles. The van der Waals surface area contributed by atoms with Crippen LogP contribution in [0, 0.1) is 13.8 Å². The van der Waals surface area contributed by atoms with Gasteiger partial charge < -0.3 is 0 Å². The van der Waals surface area contributed by atoms with Crippen molar-refractivity contribution >= 4 is 76.3 Å². The molecule has 0 amide bonds. The van der Waals surface area contributed by atoms with Crippen LogP contribution >= 0.6 is 45.3 Å². The second-order valence-corrected chi connectivity index (χ2v) is 17.6. The molecule has 0 atom stereocenters. The molecule has 0 aliphatic rings. The molecule has 0 saturated carbocycles. The summed E-state index contributed by atoms with van der Waals surface area (Å²) in [6, 6.07) is 19.5. The number of thiophene rings is 4. The molecular formula is C40H48S4. The summed E-state index contributed by atoms with van der Waals surface area (Å²) in [5.41, 5.74) is 2.85. The van der Waals surface area contributed by atoms with E-state index in [9.17, 15) is 0 Å². The number of aryl methyl sites for hydroxylation is 4. The fraction of sp³-hybridized carbons (Fsp3) is 0.450. The standard InChI is InChI=1S/C40H48S4/c1-5-7-9-11-13-15-17-29-19-21-37(43-29)31-25-35-36(39-33(31)23-27(3)41-39)26-32(34-24-28(4)42-40(34)35)38-22-20-30(44-38)18-16-14-12-10-8-6-2/h19-26H,5-18H2,1-4H3. The van der Waals surface area contributed by atoms with Crippen molar-refractivity contribution in [3.05, 3.63) is 68.0 Å². The molecular weight excluding hydrogens is 609 g/mol. The number of fused-ring (bicyclic) bond motifs is 5. The fourth-order valence-corrected chi connectivity index (χ4v) is 11.0. The minimum Gasteiger partial charge on any atom is -0.140 e. The van der Waals surface area contributed by atoms with E-state index in [1.807, 2.05) is 45.3 Å². The number of benzene rings is 2. The third-order valence-electron chi connectivity index (χ3n) is 9.06. The third-order valence-corrected chi connectivity index (χ3v) is 13.6. The van der Waals surface area contributed by atoms with Gasteiger partial charge in [0.1, 0.15) is 0 Å². The molecule has 0 nitrogen and oxygen atoms in total. The van der Waals surface area contributed by atoms with Crippen molar-refractivity contribution in [2.75, 3.05) is 0 Å². The predicted molar refractivity (Wildman–Crippen MR) is 205 cm³/mol. The Balaban J connectivity index is 1.32. The van der Waals surface area contributed by atoms with E-state index in [1.165, 1.54) is 161 Å². The molecule has 4 heteroatoms. The van der Waals surface area contributed by atoms with E-state index in [0.717, 1.165) is 0 Å². The van der Waals surface area contributed by atoms with Crippen molar-refractivity contribution in [2.45, 2.75) is 118 Å². The van der Waals surface area contributed by atoms with Crippen LogP contribution in [0.1, 0.15) is 110 Å². The first-order valence-electron chi connectivity index (χ1n) is 17.1. The average molecular weight is 657 g/mol. The summed E-state index contributed by atoms with van der Waals surface area (Å²) < 4.78 is 2.91. The SMILES string of the molecule is CCCCCCCCc1ccc(-c2cc3c(cc(-c4ccc(CCCCCCCC)s4)c4cc(C)sc43)c3sc(C)cc23)s1. The molecule has 0 N–H and O–H groups in total. The molecule has 6 rings (SSSR count). The lowest BCUT2D eigenvalue weighted by Crippen LogP contribution is -1.83. The summed E-state index contributed by atoms with van der Waals surface area (Å²) in [6.07, 6.45) is 18.8. The lowest BCUT2D eigenvalue weighted by molar-refractivity contribution is 0.609. The van der Waals surface area contributed by atoms with Gasteiger partial charge in [0.2, 0.25) is 0 Å². The van der Waals surface area contributed by atoms with Gasteiger partial charge in [0.05, 0.1) is 0 Å². The van der Waals surface area contributed by atoms with Gasteiger partial charge in [0.15, 0.2) is 0 Å². The molecule has 0 radical (unpaired) electrons. The largest absolute Gasteiger partial charge is 0.140 e. The lowest BCUT2D eigenvalue weighted by Gasteiger charge is -2.10. The lowest BCUT2D eigenvalue weighted by atomic mass is 9.97.